The summed E-state index contributed by atoms with van der Waals surface area (Å²) < 4.78 is 5.39. The molecular weight excluding hydrogens is 298 g/mol. The number of hydrogen-bond donors (Lipinski definition) is 1. The quantitative estimate of drug-likeness (QED) is 0.823. The van der Waals surface area contributed by atoms with Crippen LogP contribution in [0.1, 0.15) is 46.5 Å². The molecule has 0 radical (unpaired) electrons. The summed E-state index contributed by atoms with van der Waals surface area (Å²) in [6.45, 7) is 6.91. The molecule has 2 N–H and O–H groups in total. The molecule has 2 aliphatic heterocycles. The van der Waals surface area contributed by atoms with Crippen molar-refractivity contribution in [1.82, 2.24) is 9.80 Å². The van der Waals surface area contributed by atoms with E-state index in [2.05, 4.69) is 0 Å². The summed E-state index contributed by atoms with van der Waals surface area (Å²) in [4.78, 5) is 39.6. The first-order valence-corrected chi connectivity index (χ1v) is 8.27. The first kappa shape index (κ1) is 17.6. The first-order valence-electron chi connectivity index (χ1n) is 8.27. The summed E-state index contributed by atoms with van der Waals surface area (Å²) >= 11 is 0. The maximum absolute atomic E-state index is 12.8. The van der Waals surface area contributed by atoms with E-state index >= 15 is 0 Å². The van der Waals surface area contributed by atoms with Crippen molar-refractivity contribution < 1.29 is 19.1 Å². The molecule has 0 spiro atoms. The van der Waals surface area contributed by atoms with E-state index in [0.29, 0.717) is 26.1 Å². The Labute approximate surface area is 137 Å². The normalized spacial score (nSPS) is 25.3. The van der Waals surface area contributed by atoms with Gasteiger partial charge in [-0.1, -0.05) is 0 Å². The van der Waals surface area contributed by atoms with Crippen LogP contribution in [-0.4, -0.2) is 59.0 Å². The third-order valence-electron chi connectivity index (χ3n) is 4.30. The zero-order valence-corrected chi connectivity index (χ0v) is 14.2. The second-order valence-electron chi connectivity index (χ2n) is 7.36. The minimum Gasteiger partial charge on any atom is -0.444 e. The second kappa shape index (κ2) is 6.76. The Bertz CT molecular complexity index is 486. The van der Waals surface area contributed by atoms with Gasteiger partial charge in [0.25, 0.3) is 0 Å². The summed E-state index contributed by atoms with van der Waals surface area (Å²) in [6.07, 6.45) is 2.45. The van der Waals surface area contributed by atoms with Crippen molar-refractivity contribution in [2.24, 2.45) is 11.7 Å². The molecule has 0 aliphatic carbocycles. The topological polar surface area (TPSA) is 92.9 Å². The fraction of sp³-hybridized carbons (Fsp3) is 0.812. The molecule has 7 nitrogen and oxygen atoms in total. The van der Waals surface area contributed by atoms with Crippen LogP contribution < -0.4 is 5.73 Å². The van der Waals surface area contributed by atoms with E-state index in [9.17, 15) is 14.4 Å². The van der Waals surface area contributed by atoms with Gasteiger partial charge in [0.05, 0.1) is 5.92 Å². The molecule has 0 bridgehead atoms. The van der Waals surface area contributed by atoms with Crippen LogP contribution in [0.3, 0.4) is 0 Å². The third-order valence-corrected chi connectivity index (χ3v) is 4.30. The van der Waals surface area contributed by atoms with E-state index in [-0.39, 0.29) is 17.7 Å². The minimum absolute atomic E-state index is 0.0979. The molecule has 3 amide bonds. The zero-order chi connectivity index (χ0) is 17.2. The molecule has 2 heterocycles. The lowest BCUT2D eigenvalue weighted by atomic mass is 9.96. The maximum atomic E-state index is 12.8. The smallest absolute Gasteiger partial charge is 0.410 e. The first-order chi connectivity index (χ1) is 10.7. The molecule has 2 atom stereocenters. The largest absolute Gasteiger partial charge is 0.444 e. The van der Waals surface area contributed by atoms with Crippen LogP contribution >= 0.6 is 0 Å². The van der Waals surface area contributed by atoms with E-state index in [1.807, 2.05) is 0 Å². The average Bonchev–Trinajstić information content (AvgIpc) is 2.94. The number of nitrogens with zero attached hydrogens (tertiary/aromatic N) is 2. The van der Waals surface area contributed by atoms with Crippen molar-refractivity contribution in [2.45, 2.75) is 58.1 Å². The molecule has 0 unspecified atom stereocenters. The number of amides is 3. The highest BCUT2D eigenvalue weighted by molar-refractivity contribution is 5.87. The number of hydrogen-bond acceptors (Lipinski definition) is 4. The Hall–Kier alpha value is -1.79. The standard InChI is InChI=1S/C16H27N3O4/c1-16(2,3)23-15(22)19-9-5-7-12(19)14(21)18-8-4-6-11(10-18)13(17)20/h11-12H,4-10H2,1-3H3,(H2,17,20)/t11-,12+/m1/s1. The molecule has 23 heavy (non-hydrogen) atoms. The Kier molecular flexibility index (Phi) is 5.16. The van der Waals surface area contributed by atoms with Crippen LogP contribution in [0.25, 0.3) is 0 Å². The molecule has 2 rings (SSSR count). The molecule has 0 saturated carbocycles. The fourth-order valence-corrected chi connectivity index (χ4v) is 3.18. The summed E-state index contributed by atoms with van der Waals surface area (Å²) in [5, 5.41) is 0. The number of carbonyl (C=O) groups excluding carboxylic acids is 3. The van der Waals surface area contributed by atoms with Gasteiger partial charge in [-0.05, 0) is 46.5 Å². The molecule has 2 saturated heterocycles. The average molecular weight is 325 g/mol. The van der Waals surface area contributed by atoms with Crippen molar-refractivity contribution in [3.8, 4) is 0 Å². The number of carbonyl (C=O) groups is 3. The lowest BCUT2D eigenvalue weighted by molar-refractivity contribution is -0.139. The number of ether oxygens (including phenoxy) is 1. The van der Waals surface area contributed by atoms with E-state index in [4.69, 9.17) is 10.5 Å². The lowest BCUT2D eigenvalue weighted by Gasteiger charge is -2.35. The Morgan fingerprint density at radius 2 is 1.74 bits per heavy atom. The summed E-state index contributed by atoms with van der Waals surface area (Å²) in [5.41, 5.74) is 4.78. The Morgan fingerprint density at radius 1 is 1.09 bits per heavy atom. The van der Waals surface area contributed by atoms with Crippen molar-refractivity contribution in [3.63, 3.8) is 0 Å². The maximum Gasteiger partial charge on any atom is 0.410 e. The van der Waals surface area contributed by atoms with Crippen LogP contribution in [0.15, 0.2) is 0 Å². The van der Waals surface area contributed by atoms with Gasteiger partial charge in [0.2, 0.25) is 11.8 Å². The van der Waals surface area contributed by atoms with Gasteiger partial charge in [0, 0.05) is 19.6 Å². The summed E-state index contributed by atoms with van der Waals surface area (Å²) in [7, 11) is 0. The van der Waals surface area contributed by atoms with Gasteiger partial charge in [-0.2, -0.15) is 0 Å². The van der Waals surface area contributed by atoms with Gasteiger partial charge in [-0.3, -0.25) is 14.5 Å². The summed E-state index contributed by atoms with van der Waals surface area (Å²) in [5.74, 6) is -0.749. The monoisotopic (exact) mass is 325 g/mol. The van der Waals surface area contributed by atoms with Crippen LogP contribution in [0.4, 0.5) is 4.79 Å². The lowest BCUT2D eigenvalue weighted by Crippen LogP contribution is -2.52. The van der Waals surface area contributed by atoms with Crippen molar-refractivity contribution in [2.75, 3.05) is 19.6 Å². The highest BCUT2D eigenvalue weighted by Gasteiger charge is 2.40. The molecule has 2 aliphatic rings. The molecule has 0 aromatic carbocycles. The fourth-order valence-electron chi connectivity index (χ4n) is 3.18. The highest BCUT2D eigenvalue weighted by Crippen LogP contribution is 2.25. The predicted molar refractivity (Wildman–Crippen MR) is 84.5 cm³/mol. The number of nitrogens with two attached hydrogens (primary N) is 1. The van der Waals surface area contributed by atoms with Gasteiger partial charge >= 0.3 is 6.09 Å². The molecular formula is C16H27N3O4. The number of piperidine rings is 1. The van der Waals surface area contributed by atoms with Crippen LogP contribution in [0, 0.1) is 5.92 Å². The van der Waals surface area contributed by atoms with Crippen molar-refractivity contribution in [1.29, 1.82) is 0 Å². The number of primary amides is 1. The van der Waals surface area contributed by atoms with Crippen molar-refractivity contribution >= 4 is 17.9 Å². The Morgan fingerprint density at radius 3 is 2.35 bits per heavy atom. The van der Waals surface area contributed by atoms with Gasteiger partial charge in [-0.15, -0.1) is 0 Å². The minimum atomic E-state index is -0.588. The van der Waals surface area contributed by atoms with Gasteiger partial charge in [0.15, 0.2) is 0 Å². The molecule has 130 valence electrons. The molecule has 2 fully saturated rings. The summed E-state index contributed by atoms with van der Waals surface area (Å²) in [6, 6.07) is -0.489. The van der Waals surface area contributed by atoms with Gasteiger partial charge in [0.1, 0.15) is 11.6 Å². The number of rotatable bonds is 2. The highest BCUT2D eigenvalue weighted by atomic mass is 16.6. The van der Waals surface area contributed by atoms with E-state index < -0.39 is 17.7 Å². The van der Waals surface area contributed by atoms with Crippen LogP contribution in [-0.2, 0) is 14.3 Å². The second-order valence-corrected chi connectivity index (χ2v) is 7.36. The van der Waals surface area contributed by atoms with Gasteiger partial charge in [-0.25, -0.2) is 4.79 Å². The van der Waals surface area contributed by atoms with Gasteiger partial charge < -0.3 is 15.4 Å². The molecule has 0 aromatic rings. The SMILES string of the molecule is CC(C)(C)OC(=O)N1CCC[C@H]1C(=O)N1CCC[C@@H](C(N)=O)C1. The zero-order valence-electron chi connectivity index (χ0n) is 14.2. The van der Waals surface area contributed by atoms with Crippen LogP contribution in [0.2, 0.25) is 0 Å². The third kappa shape index (κ3) is 4.36. The van der Waals surface area contributed by atoms with E-state index in [1.54, 1.807) is 25.7 Å². The van der Waals surface area contributed by atoms with E-state index in [0.717, 1.165) is 19.3 Å². The molecule has 7 heteroatoms. The van der Waals surface area contributed by atoms with Crippen molar-refractivity contribution in [3.05, 3.63) is 0 Å². The molecule has 0 aromatic heterocycles. The van der Waals surface area contributed by atoms with E-state index in [1.165, 1.54) is 4.90 Å². The number of likely N-dealkylation sites (tertiary alicyclic amines) is 2. The van der Waals surface area contributed by atoms with Crippen LogP contribution in [0.5, 0.6) is 0 Å². The Balaban J connectivity index is 2.02. The predicted octanol–water partition coefficient (Wildman–Crippen LogP) is 1.11.